The lowest BCUT2D eigenvalue weighted by molar-refractivity contribution is 0.193. The minimum absolute atomic E-state index is 0.165. The Bertz CT molecular complexity index is 617. The third kappa shape index (κ3) is 1.82. The fourth-order valence-electron chi connectivity index (χ4n) is 2.23. The van der Waals surface area contributed by atoms with Gasteiger partial charge in [0.2, 0.25) is 0 Å². The number of aromatic nitrogens is 2. The van der Waals surface area contributed by atoms with Crippen LogP contribution in [-0.2, 0) is 4.74 Å². The summed E-state index contributed by atoms with van der Waals surface area (Å²) in [5.74, 6) is -0.220. The molecule has 0 aliphatic carbocycles. The van der Waals surface area contributed by atoms with Gasteiger partial charge in [0.25, 0.3) is 0 Å². The van der Waals surface area contributed by atoms with Crippen LogP contribution >= 0.6 is 0 Å². The summed E-state index contributed by atoms with van der Waals surface area (Å²) < 4.78 is 18.4. The van der Waals surface area contributed by atoms with Crippen LogP contribution in [0.15, 0.2) is 23.0 Å². The molecule has 1 N–H and O–H groups in total. The highest BCUT2D eigenvalue weighted by molar-refractivity contribution is 5.81. The van der Waals surface area contributed by atoms with Crippen molar-refractivity contribution in [1.82, 2.24) is 9.97 Å². The molecule has 1 fully saturated rings. The molecule has 0 spiro atoms. The van der Waals surface area contributed by atoms with Gasteiger partial charge in [-0.05, 0) is 18.6 Å². The van der Waals surface area contributed by atoms with Crippen LogP contribution in [0.25, 0.3) is 10.9 Å². The highest BCUT2D eigenvalue weighted by Gasteiger charge is 2.21. The van der Waals surface area contributed by atoms with E-state index in [1.807, 2.05) is 0 Å². The van der Waals surface area contributed by atoms with Crippen molar-refractivity contribution in [3.05, 3.63) is 40.2 Å². The Morgan fingerprint density at radius 3 is 3.12 bits per heavy atom. The maximum atomic E-state index is 13.1. The molecule has 2 aromatic rings. The van der Waals surface area contributed by atoms with Gasteiger partial charge in [-0.25, -0.2) is 9.18 Å². The number of hydrogen-bond donors (Lipinski definition) is 1. The lowest BCUT2D eigenvalue weighted by atomic mass is 10.0. The van der Waals surface area contributed by atoms with E-state index in [0.29, 0.717) is 18.7 Å². The van der Waals surface area contributed by atoms with Crippen LogP contribution in [0.4, 0.5) is 4.39 Å². The molecule has 1 aliphatic rings. The Balaban J connectivity index is 2.25. The van der Waals surface area contributed by atoms with Crippen molar-refractivity contribution in [1.29, 1.82) is 0 Å². The summed E-state index contributed by atoms with van der Waals surface area (Å²) in [5.41, 5.74) is 0.762. The van der Waals surface area contributed by atoms with Crippen molar-refractivity contribution >= 4 is 10.9 Å². The van der Waals surface area contributed by atoms with E-state index in [9.17, 15) is 9.18 Å². The highest BCUT2D eigenvalue weighted by atomic mass is 19.1. The molecule has 1 atom stereocenters. The van der Waals surface area contributed by atoms with Gasteiger partial charge in [0.15, 0.2) is 0 Å². The van der Waals surface area contributed by atoms with Gasteiger partial charge in [-0.1, -0.05) is 0 Å². The summed E-state index contributed by atoms with van der Waals surface area (Å²) in [6.45, 7) is 1.28. The molecular formula is C12H11FN2O2. The van der Waals surface area contributed by atoms with Crippen molar-refractivity contribution in [3.8, 4) is 0 Å². The van der Waals surface area contributed by atoms with E-state index in [-0.39, 0.29) is 11.7 Å². The van der Waals surface area contributed by atoms with Crippen molar-refractivity contribution in [2.45, 2.75) is 12.3 Å². The van der Waals surface area contributed by atoms with E-state index in [4.69, 9.17) is 4.74 Å². The standard InChI is InChI=1S/C12H11FN2O2/c13-8-1-2-9-10(5-8)14-12(16)15-11(9)7-3-4-17-6-7/h1-2,5,7H,3-4,6H2,(H,14,15,16). The van der Waals surface area contributed by atoms with Crippen LogP contribution in [0.2, 0.25) is 0 Å². The van der Waals surface area contributed by atoms with Gasteiger partial charge in [0.05, 0.1) is 12.1 Å². The van der Waals surface area contributed by atoms with Gasteiger partial charge in [-0.3, -0.25) is 0 Å². The Kier molecular flexibility index (Phi) is 2.40. The van der Waals surface area contributed by atoms with Crippen molar-refractivity contribution in [3.63, 3.8) is 0 Å². The molecule has 4 nitrogen and oxygen atoms in total. The first-order valence-electron chi connectivity index (χ1n) is 5.51. The molecule has 1 unspecified atom stereocenters. The first-order chi connectivity index (χ1) is 8.24. The second-order valence-electron chi connectivity index (χ2n) is 4.18. The Morgan fingerprint density at radius 2 is 2.35 bits per heavy atom. The van der Waals surface area contributed by atoms with Crippen molar-refractivity contribution < 1.29 is 9.13 Å². The molecule has 17 heavy (non-hydrogen) atoms. The molecule has 0 radical (unpaired) electrons. The van der Waals surface area contributed by atoms with Gasteiger partial charge < -0.3 is 9.72 Å². The van der Waals surface area contributed by atoms with Gasteiger partial charge in [0.1, 0.15) is 5.82 Å². The minimum atomic E-state index is -0.440. The molecule has 2 heterocycles. The highest BCUT2D eigenvalue weighted by Crippen LogP contribution is 2.28. The zero-order chi connectivity index (χ0) is 11.8. The van der Waals surface area contributed by atoms with E-state index in [1.54, 1.807) is 6.07 Å². The summed E-state index contributed by atoms with van der Waals surface area (Å²) in [6.07, 6.45) is 0.867. The van der Waals surface area contributed by atoms with E-state index in [2.05, 4.69) is 9.97 Å². The summed E-state index contributed by atoms with van der Waals surface area (Å²) in [6, 6.07) is 4.31. The average Bonchev–Trinajstić information content (AvgIpc) is 2.80. The molecule has 1 aromatic heterocycles. The molecule has 88 valence electrons. The third-order valence-corrected chi connectivity index (χ3v) is 3.05. The van der Waals surface area contributed by atoms with Gasteiger partial charge in [-0.2, -0.15) is 4.98 Å². The fourth-order valence-corrected chi connectivity index (χ4v) is 2.23. The molecule has 1 aromatic carbocycles. The summed E-state index contributed by atoms with van der Waals surface area (Å²) in [4.78, 5) is 18.0. The summed E-state index contributed by atoms with van der Waals surface area (Å²) in [5, 5.41) is 0.793. The molecular weight excluding hydrogens is 223 g/mol. The molecule has 0 bridgehead atoms. The zero-order valence-electron chi connectivity index (χ0n) is 9.07. The number of ether oxygens (including phenoxy) is 1. The number of fused-ring (bicyclic) bond motifs is 1. The van der Waals surface area contributed by atoms with Gasteiger partial charge >= 0.3 is 5.69 Å². The number of H-pyrrole nitrogens is 1. The first-order valence-corrected chi connectivity index (χ1v) is 5.51. The first kappa shape index (κ1) is 10.4. The number of hydrogen-bond acceptors (Lipinski definition) is 3. The molecule has 5 heteroatoms. The average molecular weight is 234 g/mol. The molecule has 0 amide bonds. The number of benzene rings is 1. The lowest BCUT2D eigenvalue weighted by Gasteiger charge is -2.10. The van der Waals surface area contributed by atoms with Crippen LogP contribution in [0.5, 0.6) is 0 Å². The second kappa shape index (κ2) is 3.92. The van der Waals surface area contributed by atoms with Crippen LogP contribution in [0, 0.1) is 5.82 Å². The Labute approximate surface area is 96.4 Å². The topological polar surface area (TPSA) is 55.0 Å². The number of halogens is 1. The van der Waals surface area contributed by atoms with Crippen molar-refractivity contribution in [2.75, 3.05) is 13.2 Å². The maximum absolute atomic E-state index is 13.1. The second-order valence-corrected chi connectivity index (χ2v) is 4.18. The molecule has 0 saturated carbocycles. The minimum Gasteiger partial charge on any atom is -0.381 e. The Morgan fingerprint density at radius 1 is 1.47 bits per heavy atom. The van der Waals surface area contributed by atoms with E-state index in [1.165, 1.54) is 12.1 Å². The number of aromatic amines is 1. The summed E-state index contributed by atoms with van der Waals surface area (Å²) in [7, 11) is 0. The largest absolute Gasteiger partial charge is 0.381 e. The van der Waals surface area contributed by atoms with Crippen molar-refractivity contribution in [2.24, 2.45) is 0 Å². The molecule has 1 aliphatic heterocycles. The van der Waals surface area contributed by atoms with E-state index in [0.717, 1.165) is 17.5 Å². The number of nitrogens with zero attached hydrogens (tertiary/aromatic N) is 1. The summed E-state index contributed by atoms with van der Waals surface area (Å²) >= 11 is 0. The predicted octanol–water partition coefficient (Wildman–Crippen LogP) is 1.57. The quantitative estimate of drug-likeness (QED) is 0.814. The zero-order valence-corrected chi connectivity index (χ0v) is 9.07. The van der Waals surface area contributed by atoms with Crippen LogP contribution in [0.1, 0.15) is 18.0 Å². The lowest BCUT2D eigenvalue weighted by Crippen LogP contribution is -2.16. The van der Waals surface area contributed by atoms with E-state index >= 15 is 0 Å². The normalized spacial score (nSPS) is 19.9. The van der Waals surface area contributed by atoms with Crippen LogP contribution < -0.4 is 5.69 Å². The van der Waals surface area contributed by atoms with Gasteiger partial charge in [-0.15, -0.1) is 0 Å². The number of nitrogens with one attached hydrogen (secondary N) is 1. The SMILES string of the molecule is O=c1nc2cc(F)ccc2c(C2CCOC2)[nH]1. The van der Waals surface area contributed by atoms with Gasteiger partial charge in [0, 0.05) is 29.7 Å². The predicted molar refractivity (Wildman–Crippen MR) is 60.5 cm³/mol. The fraction of sp³-hybridized carbons (Fsp3) is 0.333. The maximum Gasteiger partial charge on any atom is 0.345 e. The van der Waals surface area contributed by atoms with E-state index < -0.39 is 5.69 Å². The van der Waals surface area contributed by atoms with Crippen LogP contribution in [-0.4, -0.2) is 23.2 Å². The number of rotatable bonds is 1. The molecule has 3 rings (SSSR count). The smallest absolute Gasteiger partial charge is 0.345 e. The van der Waals surface area contributed by atoms with Crippen LogP contribution in [0.3, 0.4) is 0 Å². The monoisotopic (exact) mass is 234 g/mol. The Hall–Kier alpha value is -1.75. The molecule has 1 saturated heterocycles. The third-order valence-electron chi connectivity index (χ3n) is 3.05.